The third kappa shape index (κ3) is 3.95. The number of nitrogens with zero attached hydrogens (tertiary/aromatic N) is 2. The molecule has 1 aliphatic heterocycles. The summed E-state index contributed by atoms with van der Waals surface area (Å²) in [6.45, 7) is 4.12. The van der Waals surface area contributed by atoms with Crippen molar-refractivity contribution < 1.29 is 18.7 Å². The molecule has 1 aliphatic rings. The highest BCUT2D eigenvalue weighted by Gasteiger charge is 2.27. The van der Waals surface area contributed by atoms with Crippen LogP contribution >= 0.6 is 11.8 Å². The fourth-order valence-corrected chi connectivity index (χ4v) is 2.62. The quantitative estimate of drug-likeness (QED) is 0.838. The molecule has 0 bridgehead atoms. The third-order valence-corrected chi connectivity index (χ3v) is 3.80. The van der Waals surface area contributed by atoms with Crippen molar-refractivity contribution in [1.29, 1.82) is 0 Å². The molecule has 0 spiro atoms. The molecule has 0 saturated carbocycles. The Balaban J connectivity index is 1.59. The largest absolute Gasteiger partial charge is 0.485 e. The van der Waals surface area contributed by atoms with Gasteiger partial charge in [-0.05, 0) is 26.0 Å². The number of nitrogens with one attached hydrogen (secondary N) is 1. The summed E-state index contributed by atoms with van der Waals surface area (Å²) in [5, 5.41) is 11.0. The molecule has 7 nitrogen and oxygen atoms in total. The van der Waals surface area contributed by atoms with Crippen LogP contribution in [0.2, 0.25) is 0 Å². The summed E-state index contributed by atoms with van der Waals surface area (Å²) in [6, 6.07) is 7.52. The van der Waals surface area contributed by atoms with Crippen LogP contribution in [0.15, 0.2) is 33.9 Å². The number of ether oxygens (including phenoxy) is 2. The number of para-hydroxylation sites is 2. The molecule has 1 N–H and O–H groups in total. The van der Waals surface area contributed by atoms with Crippen LogP contribution in [0, 0.1) is 0 Å². The molecule has 0 aliphatic carbocycles. The molecular formula is C15H17N3O4S. The summed E-state index contributed by atoms with van der Waals surface area (Å²) >= 11 is 1.19. The monoisotopic (exact) mass is 335 g/mol. The first kappa shape index (κ1) is 15.7. The van der Waals surface area contributed by atoms with Crippen molar-refractivity contribution in [1.82, 2.24) is 15.5 Å². The van der Waals surface area contributed by atoms with Crippen molar-refractivity contribution in [3.05, 3.63) is 30.2 Å². The van der Waals surface area contributed by atoms with E-state index < -0.39 is 6.10 Å². The first-order valence-corrected chi connectivity index (χ1v) is 8.24. The van der Waals surface area contributed by atoms with Gasteiger partial charge in [-0.2, -0.15) is 0 Å². The molecule has 0 radical (unpaired) electrons. The lowest BCUT2D eigenvalue weighted by Gasteiger charge is -2.23. The van der Waals surface area contributed by atoms with Crippen molar-refractivity contribution >= 4 is 17.7 Å². The molecule has 0 unspecified atom stereocenters. The summed E-state index contributed by atoms with van der Waals surface area (Å²) in [5.41, 5.74) is 0. The Morgan fingerprint density at radius 1 is 1.35 bits per heavy atom. The Morgan fingerprint density at radius 3 is 2.91 bits per heavy atom. The zero-order chi connectivity index (χ0) is 16.2. The first-order chi connectivity index (χ1) is 11.1. The Bertz CT molecular complexity index is 689. The smallest absolute Gasteiger partial charge is 0.277 e. The predicted molar refractivity (Wildman–Crippen MR) is 83.6 cm³/mol. The van der Waals surface area contributed by atoms with E-state index in [9.17, 15) is 4.79 Å². The van der Waals surface area contributed by atoms with Gasteiger partial charge in [0.05, 0.1) is 5.75 Å². The van der Waals surface area contributed by atoms with Crippen molar-refractivity contribution in [2.45, 2.75) is 31.2 Å². The second kappa shape index (κ2) is 6.91. The molecule has 8 heteroatoms. The van der Waals surface area contributed by atoms with Crippen molar-refractivity contribution in [2.75, 3.05) is 12.4 Å². The molecule has 1 amide bonds. The fraction of sp³-hybridized carbons (Fsp3) is 0.400. The molecule has 3 rings (SSSR count). The number of rotatable bonds is 5. The molecule has 2 heterocycles. The normalized spacial score (nSPS) is 16.4. The van der Waals surface area contributed by atoms with Crippen LogP contribution in [0.3, 0.4) is 0 Å². The zero-order valence-electron chi connectivity index (χ0n) is 12.8. The molecule has 2 aromatic rings. The van der Waals surface area contributed by atoms with Crippen molar-refractivity contribution in [3.8, 4) is 11.5 Å². The maximum Gasteiger partial charge on any atom is 0.277 e. The van der Waals surface area contributed by atoms with Crippen LogP contribution in [0.25, 0.3) is 0 Å². The van der Waals surface area contributed by atoms with Crippen molar-refractivity contribution in [3.63, 3.8) is 0 Å². The summed E-state index contributed by atoms with van der Waals surface area (Å²) in [5.74, 6) is 1.84. The molecule has 122 valence electrons. The predicted octanol–water partition coefficient (Wildman–Crippen LogP) is 2.20. The lowest BCUT2D eigenvalue weighted by molar-refractivity contribution is -0.119. The number of carbonyl (C=O) groups excluding carboxylic acids is 1. The van der Waals surface area contributed by atoms with Gasteiger partial charge in [-0.1, -0.05) is 23.9 Å². The number of benzene rings is 1. The molecule has 23 heavy (non-hydrogen) atoms. The van der Waals surface area contributed by atoms with Crippen LogP contribution in [-0.2, 0) is 4.79 Å². The molecular weight excluding hydrogens is 318 g/mol. The number of hydrogen-bond acceptors (Lipinski definition) is 7. The second-order valence-electron chi connectivity index (χ2n) is 5.28. The minimum absolute atomic E-state index is 0.0732. The van der Waals surface area contributed by atoms with E-state index in [0.29, 0.717) is 29.2 Å². The number of hydrogen-bond donors (Lipinski definition) is 1. The van der Waals surface area contributed by atoms with Gasteiger partial charge in [0.15, 0.2) is 11.5 Å². The lowest BCUT2D eigenvalue weighted by atomic mass is 10.2. The minimum atomic E-state index is -0.448. The van der Waals surface area contributed by atoms with E-state index in [1.165, 1.54) is 11.8 Å². The van der Waals surface area contributed by atoms with Crippen LogP contribution in [-0.4, -0.2) is 34.5 Å². The number of fused-ring (bicyclic) bond motifs is 1. The van der Waals surface area contributed by atoms with E-state index in [1.807, 2.05) is 38.1 Å². The number of aromatic nitrogens is 2. The maximum absolute atomic E-state index is 11.6. The second-order valence-corrected chi connectivity index (χ2v) is 6.21. The highest BCUT2D eigenvalue weighted by atomic mass is 32.2. The molecule has 1 atom stereocenters. The van der Waals surface area contributed by atoms with Gasteiger partial charge < -0.3 is 19.2 Å². The molecule has 0 saturated heterocycles. The zero-order valence-corrected chi connectivity index (χ0v) is 13.6. The Kier molecular flexibility index (Phi) is 4.71. The van der Waals surface area contributed by atoms with Gasteiger partial charge in [0.2, 0.25) is 12.0 Å². The topological polar surface area (TPSA) is 86.5 Å². The summed E-state index contributed by atoms with van der Waals surface area (Å²) in [7, 11) is 0. The van der Waals surface area contributed by atoms with Gasteiger partial charge >= 0.3 is 0 Å². The van der Waals surface area contributed by atoms with Gasteiger partial charge in [-0.25, -0.2) is 0 Å². The molecule has 0 fully saturated rings. The van der Waals surface area contributed by atoms with Gasteiger partial charge in [-0.15, -0.1) is 10.2 Å². The lowest BCUT2D eigenvalue weighted by Crippen LogP contribution is -2.31. The van der Waals surface area contributed by atoms with Crippen LogP contribution in [0.4, 0.5) is 0 Å². The van der Waals surface area contributed by atoms with E-state index in [1.54, 1.807) is 0 Å². The highest BCUT2D eigenvalue weighted by Crippen LogP contribution is 2.35. The Morgan fingerprint density at radius 2 is 2.13 bits per heavy atom. The van der Waals surface area contributed by atoms with E-state index in [4.69, 9.17) is 13.9 Å². The Hall–Kier alpha value is -2.22. The Labute approximate surface area is 137 Å². The fourth-order valence-electron chi connectivity index (χ4n) is 2.04. The SMILES string of the molecule is CC(C)NC(=O)CSc1nnc([C@@H]2COc3ccccc3O2)o1. The van der Waals surface area contributed by atoms with E-state index in [-0.39, 0.29) is 17.7 Å². The van der Waals surface area contributed by atoms with Gasteiger partial charge in [0.1, 0.15) is 6.61 Å². The third-order valence-electron chi connectivity index (χ3n) is 2.98. The van der Waals surface area contributed by atoms with Crippen LogP contribution in [0.1, 0.15) is 25.8 Å². The molecule has 1 aromatic carbocycles. The minimum Gasteiger partial charge on any atom is -0.485 e. The van der Waals surface area contributed by atoms with Gasteiger partial charge in [0, 0.05) is 6.04 Å². The standard InChI is InChI=1S/C15H17N3O4S/c1-9(2)16-13(19)8-23-15-18-17-14(22-15)12-7-20-10-5-3-4-6-11(10)21-12/h3-6,9,12H,7-8H2,1-2H3,(H,16,19)/t12-/m0/s1. The van der Waals surface area contributed by atoms with Crippen molar-refractivity contribution in [2.24, 2.45) is 0 Å². The summed E-state index contributed by atoms with van der Waals surface area (Å²) in [4.78, 5) is 11.6. The summed E-state index contributed by atoms with van der Waals surface area (Å²) < 4.78 is 17.0. The van der Waals surface area contributed by atoms with E-state index in [2.05, 4.69) is 15.5 Å². The summed E-state index contributed by atoms with van der Waals surface area (Å²) in [6.07, 6.45) is -0.448. The first-order valence-electron chi connectivity index (χ1n) is 7.26. The van der Waals surface area contributed by atoms with Crippen LogP contribution in [0.5, 0.6) is 11.5 Å². The van der Waals surface area contributed by atoms with Crippen LogP contribution < -0.4 is 14.8 Å². The number of thioether (sulfide) groups is 1. The highest BCUT2D eigenvalue weighted by molar-refractivity contribution is 7.99. The van der Waals surface area contributed by atoms with Gasteiger partial charge in [0.25, 0.3) is 11.1 Å². The molecule has 1 aromatic heterocycles. The maximum atomic E-state index is 11.6. The number of amides is 1. The van der Waals surface area contributed by atoms with E-state index >= 15 is 0 Å². The van der Waals surface area contributed by atoms with E-state index in [0.717, 1.165) is 0 Å². The van der Waals surface area contributed by atoms with Gasteiger partial charge in [-0.3, -0.25) is 4.79 Å². The average molecular weight is 335 g/mol. The number of carbonyl (C=O) groups is 1. The average Bonchev–Trinajstić information content (AvgIpc) is 3.01.